The molecule has 8 nitrogen and oxygen atoms in total. The molecule has 5 rings (SSSR count). The van der Waals surface area contributed by atoms with Gasteiger partial charge >= 0.3 is 0 Å². The maximum atomic E-state index is 15.4. The number of hydrogen-bond acceptors (Lipinski definition) is 5. The number of aromatic nitrogens is 4. The molecule has 0 saturated heterocycles. The molecule has 186 valence electrons. The minimum Gasteiger partial charge on any atom is -0.354 e. The van der Waals surface area contributed by atoms with Crippen molar-refractivity contribution in [2.45, 2.75) is 61.4 Å². The molecule has 0 spiro atoms. The topological polar surface area (TPSA) is 92.4 Å². The van der Waals surface area contributed by atoms with E-state index in [1.54, 1.807) is 27.5 Å². The first-order valence-corrected chi connectivity index (χ1v) is 12.8. The molecule has 1 aliphatic carbocycles. The van der Waals surface area contributed by atoms with Crippen molar-refractivity contribution in [3.63, 3.8) is 0 Å². The van der Waals surface area contributed by atoms with Gasteiger partial charge in [-0.2, -0.15) is 14.8 Å². The molecular weight excluding hydrogens is 489 g/mol. The highest BCUT2D eigenvalue weighted by Crippen LogP contribution is 2.41. The van der Waals surface area contributed by atoms with E-state index in [9.17, 15) is 10.1 Å². The van der Waals surface area contributed by atoms with Crippen molar-refractivity contribution in [3.05, 3.63) is 71.3 Å². The number of nitriles is 1. The normalized spacial score (nSPS) is 17.3. The summed E-state index contributed by atoms with van der Waals surface area (Å²) < 4.78 is 18.7. The third-order valence-corrected chi connectivity index (χ3v) is 7.85. The summed E-state index contributed by atoms with van der Waals surface area (Å²) in [6, 6.07) is 11.5. The summed E-state index contributed by atoms with van der Waals surface area (Å²) >= 11 is 1.35. The molecule has 0 aliphatic heterocycles. The molecule has 10 heteroatoms. The predicted molar refractivity (Wildman–Crippen MR) is 138 cm³/mol. The molecular formula is C27H24FN7OS. The summed E-state index contributed by atoms with van der Waals surface area (Å²) in [6.45, 7) is 10.9. The van der Waals surface area contributed by atoms with E-state index in [4.69, 9.17) is 6.57 Å². The fourth-order valence-electron chi connectivity index (χ4n) is 5.05. The smallest absolute Gasteiger partial charge is 0.240 e. The van der Waals surface area contributed by atoms with Crippen molar-refractivity contribution < 1.29 is 9.18 Å². The number of carbonyl (C=O) groups is 1. The molecule has 37 heavy (non-hydrogen) atoms. The van der Waals surface area contributed by atoms with E-state index in [1.165, 1.54) is 24.9 Å². The molecule has 0 atom stereocenters. The quantitative estimate of drug-likeness (QED) is 0.339. The van der Waals surface area contributed by atoms with E-state index in [0.717, 1.165) is 30.6 Å². The van der Waals surface area contributed by atoms with Crippen molar-refractivity contribution in [1.82, 2.24) is 24.7 Å². The third kappa shape index (κ3) is 4.68. The van der Waals surface area contributed by atoms with Gasteiger partial charge in [-0.1, -0.05) is 36.0 Å². The van der Waals surface area contributed by atoms with Crippen LogP contribution in [0.15, 0.2) is 52.5 Å². The lowest BCUT2D eigenvalue weighted by Crippen LogP contribution is -2.36. The van der Waals surface area contributed by atoms with E-state index in [2.05, 4.69) is 26.4 Å². The number of para-hydroxylation sites is 1. The summed E-state index contributed by atoms with van der Waals surface area (Å²) in [7, 11) is 0. The molecule has 4 aromatic rings. The van der Waals surface area contributed by atoms with Gasteiger partial charge in [-0.15, -0.1) is 5.10 Å². The average molecular weight is 514 g/mol. The Morgan fingerprint density at radius 3 is 2.73 bits per heavy atom. The molecule has 3 aromatic heterocycles. The van der Waals surface area contributed by atoms with E-state index < -0.39 is 5.95 Å². The van der Waals surface area contributed by atoms with Crippen molar-refractivity contribution in [2.75, 3.05) is 0 Å². The van der Waals surface area contributed by atoms with Gasteiger partial charge in [0.2, 0.25) is 17.5 Å². The summed E-state index contributed by atoms with van der Waals surface area (Å²) in [5.41, 5.74) is 3.20. The lowest BCUT2D eigenvalue weighted by Gasteiger charge is -2.29. The first kappa shape index (κ1) is 24.5. The zero-order valence-electron chi connectivity index (χ0n) is 20.4. The van der Waals surface area contributed by atoms with Crippen LogP contribution in [-0.2, 0) is 4.79 Å². The zero-order chi connectivity index (χ0) is 26.1. The summed E-state index contributed by atoms with van der Waals surface area (Å²) in [5.74, 6) is -0.598. The zero-order valence-corrected chi connectivity index (χ0v) is 21.2. The van der Waals surface area contributed by atoms with Gasteiger partial charge in [0.25, 0.3) is 0 Å². The predicted octanol–water partition coefficient (Wildman–Crippen LogP) is 5.84. The SMILES string of the molecule is [C-]#[N+]c1ccccc1Sc1cc(-c2c(F)nn(C3CCC(NC(C)=O)CC3)c2C)cn2ncc(C#N)c12. The van der Waals surface area contributed by atoms with Gasteiger partial charge in [-0.3, -0.25) is 9.48 Å². The molecule has 1 saturated carbocycles. The van der Waals surface area contributed by atoms with Gasteiger partial charge in [-0.05, 0) is 38.7 Å². The highest BCUT2D eigenvalue weighted by molar-refractivity contribution is 7.99. The van der Waals surface area contributed by atoms with Crippen LogP contribution in [0.4, 0.5) is 10.1 Å². The van der Waals surface area contributed by atoms with E-state index in [0.29, 0.717) is 38.5 Å². The van der Waals surface area contributed by atoms with Crippen LogP contribution in [0.3, 0.4) is 0 Å². The van der Waals surface area contributed by atoms with Crippen LogP contribution in [0.1, 0.15) is 49.9 Å². The van der Waals surface area contributed by atoms with Crippen molar-refractivity contribution >= 4 is 28.9 Å². The summed E-state index contributed by atoms with van der Waals surface area (Å²) in [6.07, 6.45) is 6.43. The Balaban J connectivity index is 1.54. The van der Waals surface area contributed by atoms with Crippen molar-refractivity contribution in [3.8, 4) is 17.2 Å². The van der Waals surface area contributed by atoms with Crippen LogP contribution in [0.25, 0.3) is 21.5 Å². The number of fused-ring (bicyclic) bond motifs is 1. The number of amides is 1. The first-order chi connectivity index (χ1) is 17.9. The Kier molecular flexibility index (Phi) is 6.68. The standard InChI is InChI=1S/C27H24FN7OS/c1-16-25(27(28)33-35(16)21-10-8-20(9-11-21)32-17(2)36)18-12-24(26-19(13-29)14-31-34(26)15-18)37-23-7-5-4-6-22(23)30-3/h4-7,12,14-15,20-21H,8-11H2,1-2H3,(H,32,36). The lowest BCUT2D eigenvalue weighted by atomic mass is 9.91. The van der Waals surface area contributed by atoms with Gasteiger partial charge in [-0.25, -0.2) is 9.36 Å². The molecule has 0 bridgehead atoms. The minimum atomic E-state index is -0.564. The second kappa shape index (κ2) is 10.1. The maximum absolute atomic E-state index is 15.4. The van der Waals surface area contributed by atoms with Crippen molar-refractivity contribution in [2.24, 2.45) is 0 Å². The average Bonchev–Trinajstić information content (AvgIpc) is 3.44. The number of nitrogens with one attached hydrogen (secondary N) is 1. The summed E-state index contributed by atoms with van der Waals surface area (Å²) in [5, 5.41) is 21.2. The fraction of sp³-hybridized carbons (Fsp3) is 0.296. The number of pyridine rings is 1. The van der Waals surface area contributed by atoms with Crippen LogP contribution >= 0.6 is 11.8 Å². The molecule has 1 aliphatic rings. The number of benzene rings is 1. The van der Waals surface area contributed by atoms with Crippen LogP contribution in [0.2, 0.25) is 0 Å². The first-order valence-electron chi connectivity index (χ1n) is 12.0. The number of nitrogens with zero attached hydrogens (tertiary/aromatic N) is 6. The number of rotatable bonds is 5. The molecule has 1 aromatic carbocycles. The molecule has 1 amide bonds. The molecule has 0 unspecified atom stereocenters. The Morgan fingerprint density at radius 1 is 1.27 bits per heavy atom. The number of carbonyl (C=O) groups excluding carboxylic acids is 1. The van der Waals surface area contributed by atoms with Crippen LogP contribution in [0.5, 0.6) is 0 Å². The monoisotopic (exact) mass is 513 g/mol. The van der Waals surface area contributed by atoms with Gasteiger partial charge in [0.15, 0.2) is 0 Å². The third-order valence-electron chi connectivity index (χ3n) is 6.75. The number of halogens is 1. The molecule has 1 N–H and O–H groups in total. The van der Waals surface area contributed by atoms with E-state index >= 15 is 4.39 Å². The Morgan fingerprint density at radius 2 is 2.03 bits per heavy atom. The largest absolute Gasteiger partial charge is 0.354 e. The van der Waals surface area contributed by atoms with Gasteiger partial charge in [0.1, 0.15) is 6.07 Å². The highest BCUT2D eigenvalue weighted by atomic mass is 32.2. The Hall–Kier alpha value is -4.15. The minimum absolute atomic E-state index is 0.0340. The Labute approximate surface area is 217 Å². The number of hydrogen-bond donors (Lipinski definition) is 1. The molecule has 0 radical (unpaired) electrons. The maximum Gasteiger partial charge on any atom is 0.240 e. The Bertz CT molecular complexity index is 1580. The van der Waals surface area contributed by atoms with Crippen LogP contribution < -0.4 is 5.32 Å². The van der Waals surface area contributed by atoms with E-state index in [1.807, 2.05) is 25.1 Å². The second-order valence-corrected chi connectivity index (χ2v) is 10.2. The van der Waals surface area contributed by atoms with Crippen molar-refractivity contribution in [1.29, 1.82) is 5.26 Å². The highest BCUT2D eigenvalue weighted by Gasteiger charge is 2.28. The molecule has 1 fully saturated rings. The van der Waals surface area contributed by atoms with Gasteiger partial charge in [0, 0.05) is 40.2 Å². The van der Waals surface area contributed by atoms with Gasteiger partial charge < -0.3 is 5.32 Å². The lowest BCUT2D eigenvalue weighted by molar-refractivity contribution is -0.119. The molecule has 3 heterocycles. The van der Waals surface area contributed by atoms with Crippen LogP contribution in [-0.4, -0.2) is 31.3 Å². The van der Waals surface area contributed by atoms with Gasteiger partial charge in [0.05, 0.1) is 35.5 Å². The summed E-state index contributed by atoms with van der Waals surface area (Å²) in [4.78, 5) is 16.4. The second-order valence-electron chi connectivity index (χ2n) is 9.14. The van der Waals surface area contributed by atoms with Crippen LogP contribution in [0, 0.1) is 30.8 Å². The fourth-order valence-corrected chi connectivity index (χ4v) is 6.14. The van der Waals surface area contributed by atoms with E-state index in [-0.39, 0.29) is 18.0 Å².